The average Bonchev–Trinajstić information content (AvgIpc) is 3.51. The zero-order valence-electron chi connectivity index (χ0n) is 17.3. The molecule has 2 saturated heterocycles. The van der Waals surface area contributed by atoms with E-state index in [1.807, 2.05) is 60.4 Å². The minimum atomic E-state index is -0.825. The number of imide groups is 1. The molecule has 0 bridgehead atoms. The molecule has 0 unspecified atom stereocenters. The van der Waals surface area contributed by atoms with Gasteiger partial charge >= 0.3 is 0 Å². The van der Waals surface area contributed by atoms with E-state index in [1.54, 1.807) is 24.3 Å². The molecule has 0 radical (unpaired) electrons. The molecule has 32 heavy (non-hydrogen) atoms. The molecule has 2 aromatic carbocycles. The monoisotopic (exact) mass is 424 g/mol. The van der Waals surface area contributed by atoms with E-state index >= 15 is 0 Å². The molecule has 3 aromatic rings. The molecule has 6 rings (SSSR count). The Morgan fingerprint density at radius 1 is 0.906 bits per heavy atom. The van der Waals surface area contributed by atoms with E-state index in [9.17, 15) is 14.4 Å². The predicted octanol–water partition coefficient (Wildman–Crippen LogP) is 3.86. The van der Waals surface area contributed by atoms with Gasteiger partial charge in [-0.25, -0.2) is 4.90 Å². The fourth-order valence-corrected chi connectivity index (χ4v) is 5.33. The summed E-state index contributed by atoms with van der Waals surface area (Å²) in [6.45, 7) is 1.95. The van der Waals surface area contributed by atoms with Gasteiger partial charge in [-0.3, -0.25) is 14.4 Å². The van der Waals surface area contributed by atoms with Crippen LogP contribution in [0.25, 0.3) is 6.08 Å². The number of hydrogen-bond acceptors (Lipinski definition) is 5. The van der Waals surface area contributed by atoms with Gasteiger partial charge in [-0.2, -0.15) is 0 Å². The molecular formula is C26H20N2O4. The van der Waals surface area contributed by atoms with Gasteiger partial charge < -0.3 is 9.32 Å². The molecule has 0 saturated carbocycles. The van der Waals surface area contributed by atoms with Gasteiger partial charge in [0.2, 0.25) is 17.6 Å². The van der Waals surface area contributed by atoms with Crippen LogP contribution in [-0.2, 0) is 9.59 Å². The molecule has 3 aliphatic rings. The van der Waals surface area contributed by atoms with E-state index in [0.717, 1.165) is 16.8 Å². The molecule has 4 heterocycles. The van der Waals surface area contributed by atoms with Gasteiger partial charge in [0, 0.05) is 5.69 Å². The van der Waals surface area contributed by atoms with Gasteiger partial charge in [0.15, 0.2) is 5.76 Å². The van der Waals surface area contributed by atoms with Gasteiger partial charge in [-0.05, 0) is 42.8 Å². The predicted molar refractivity (Wildman–Crippen MR) is 119 cm³/mol. The number of para-hydroxylation sites is 1. The van der Waals surface area contributed by atoms with Crippen LogP contribution in [0.15, 0.2) is 77.4 Å². The summed E-state index contributed by atoms with van der Waals surface area (Å²) in [6.07, 6.45) is 5.36. The smallest absolute Gasteiger partial charge is 0.240 e. The maximum atomic E-state index is 13.7. The summed E-state index contributed by atoms with van der Waals surface area (Å²) < 4.78 is 5.41. The Bertz CT molecular complexity index is 1280. The van der Waals surface area contributed by atoms with E-state index in [2.05, 4.69) is 0 Å². The van der Waals surface area contributed by atoms with Crippen LogP contribution in [0.4, 0.5) is 11.4 Å². The molecule has 158 valence electrons. The summed E-state index contributed by atoms with van der Waals surface area (Å²) in [7, 11) is 0. The van der Waals surface area contributed by atoms with Crippen LogP contribution in [0.3, 0.4) is 0 Å². The number of fused-ring (bicyclic) bond motifs is 5. The number of anilines is 2. The molecule has 2 amide bonds. The Morgan fingerprint density at radius 2 is 1.66 bits per heavy atom. The van der Waals surface area contributed by atoms with Gasteiger partial charge in [-0.1, -0.05) is 48.0 Å². The standard InChI is InChI=1S/C26H20N2O4/c1-15-8-11-17(12-9-15)27-25(30)21-19-13-10-16-5-2-3-6-18(16)28(19)23(22(21)26(27)31)24(29)20-7-4-14-32-20/h2-14,19,21-23H,1H3/t19-,21-,22-,23-/m0/s1. The summed E-state index contributed by atoms with van der Waals surface area (Å²) in [5.41, 5.74) is 3.38. The number of nitrogens with zero attached hydrogens (tertiary/aromatic N) is 2. The van der Waals surface area contributed by atoms with Crippen LogP contribution in [0, 0.1) is 18.8 Å². The molecule has 4 atom stereocenters. The number of aryl methyl sites for hydroxylation is 1. The number of Topliss-reactive ketones (excluding diaryl/α,β-unsaturated/α-hetero) is 1. The van der Waals surface area contributed by atoms with Crippen molar-refractivity contribution >= 4 is 35.0 Å². The normalized spacial score (nSPS) is 25.7. The maximum Gasteiger partial charge on any atom is 0.240 e. The van der Waals surface area contributed by atoms with Crippen molar-refractivity contribution in [3.63, 3.8) is 0 Å². The highest BCUT2D eigenvalue weighted by Crippen LogP contribution is 2.49. The maximum absolute atomic E-state index is 13.7. The van der Waals surface area contributed by atoms with Crippen molar-refractivity contribution in [2.45, 2.75) is 19.0 Å². The van der Waals surface area contributed by atoms with Crippen molar-refractivity contribution in [2.24, 2.45) is 11.8 Å². The minimum Gasteiger partial charge on any atom is -0.461 e. The van der Waals surface area contributed by atoms with Gasteiger partial charge in [0.1, 0.15) is 6.04 Å². The Kier molecular flexibility index (Phi) is 3.99. The molecule has 2 fully saturated rings. The van der Waals surface area contributed by atoms with E-state index in [0.29, 0.717) is 5.69 Å². The minimum absolute atomic E-state index is 0.190. The van der Waals surface area contributed by atoms with E-state index in [4.69, 9.17) is 4.42 Å². The quantitative estimate of drug-likeness (QED) is 0.472. The number of benzene rings is 2. The van der Waals surface area contributed by atoms with E-state index < -0.39 is 17.9 Å². The summed E-state index contributed by atoms with van der Waals surface area (Å²) >= 11 is 0. The third-order valence-electron chi connectivity index (χ3n) is 6.74. The van der Waals surface area contributed by atoms with Crippen LogP contribution in [0.1, 0.15) is 21.7 Å². The lowest BCUT2D eigenvalue weighted by Crippen LogP contribution is -2.48. The summed E-state index contributed by atoms with van der Waals surface area (Å²) in [6, 6.07) is 17.1. The number of amides is 2. The highest BCUT2D eigenvalue weighted by Gasteiger charge is 2.64. The summed E-state index contributed by atoms with van der Waals surface area (Å²) in [4.78, 5) is 44.1. The topological polar surface area (TPSA) is 70.8 Å². The number of rotatable bonds is 3. The first-order valence-electron chi connectivity index (χ1n) is 10.6. The molecule has 0 aliphatic carbocycles. The Balaban J connectivity index is 1.50. The van der Waals surface area contributed by atoms with Crippen molar-refractivity contribution in [2.75, 3.05) is 9.80 Å². The lowest BCUT2D eigenvalue weighted by atomic mass is 9.87. The molecule has 3 aliphatic heterocycles. The van der Waals surface area contributed by atoms with Crippen LogP contribution < -0.4 is 9.80 Å². The second kappa shape index (κ2) is 6.79. The highest BCUT2D eigenvalue weighted by molar-refractivity contribution is 6.25. The largest absolute Gasteiger partial charge is 0.461 e. The fourth-order valence-electron chi connectivity index (χ4n) is 5.33. The van der Waals surface area contributed by atoms with Crippen LogP contribution in [0.5, 0.6) is 0 Å². The van der Waals surface area contributed by atoms with Crippen molar-refractivity contribution < 1.29 is 18.8 Å². The number of carbonyl (C=O) groups is 3. The molecule has 6 nitrogen and oxygen atoms in total. The first-order chi connectivity index (χ1) is 15.6. The van der Waals surface area contributed by atoms with E-state index in [-0.39, 0.29) is 29.4 Å². The second-order valence-corrected chi connectivity index (χ2v) is 8.50. The Morgan fingerprint density at radius 3 is 2.41 bits per heavy atom. The van der Waals surface area contributed by atoms with E-state index in [1.165, 1.54) is 11.2 Å². The van der Waals surface area contributed by atoms with Crippen LogP contribution in [0.2, 0.25) is 0 Å². The second-order valence-electron chi connectivity index (χ2n) is 8.50. The first-order valence-corrected chi connectivity index (χ1v) is 10.6. The van der Waals surface area contributed by atoms with Crippen molar-refractivity contribution in [1.82, 2.24) is 0 Å². The lowest BCUT2D eigenvalue weighted by Gasteiger charge is -2.36. The van der Waals surface area contributed by atoms with Gasteiger partial charge in [-0.15, -0.1) is 0 Å². The summed E-state index contributed by atoms with van der Waals surface area (Å²) in [5, 5.41) is 0. The van der Waals surface area contributed by atoms with Crippen molar-refractivity contribution in [3.05, 3.63) is 89.9 Å². The zero-order chi connectivity index (χ0) is 22.0. The number of carbonyl (C=O) groups excluding carboxylic acids is 3. The number of furan rings is 1. The average molecular weight is 424 g/mol. The zero-order valence-corrected chi connectivity index (χ0v) is 17.3. The first kappa shape index (κ1) is 18.8. The number of ketones is 1. The van der Waals surface area contributed by atoms with Crippen LogP contribution >= 0.6 is 0 Å². The molecule has 6 heteroatoms. The number of hydrogen-bond donors (Lipinski definition) is 0. The molecule has 0 N–H and O–H groups in total. The molecular weight excluding hydrogens is 404 g/mol. The van der Waals surface area contributed by atoms with Gasteiger partial charge in [0.25, 0.3) is 0 Å². The lowest BCUT2D eigenvalue weighted by molar-refractivity contribution is -0.122. The van der Waals surface area contributed by atoms with Crippen LogP contribution in [-0.4, -0.2) is 29.7 Å². The Hall–Kier alpha value is -3.93. The third-order valence-corrected chi connectivity index (χ3v) is 6.74. The Labute approximate surface area is 184 Å². The van der Waals surface area contributed by atoms with Gasteiger partial charge in [0.05, 0.1) is 29.8 Å². The molecule has 1 aromatic heterocycles. The fraction of sp³-hybridized carbons (Fsp3) is 0.192. The summed E-state index contributed by atoms with van der Waals surface area (Å²) in [5.74, 6) is -2.13. The SMILES string of the molecule is Cc1ccc(N2C(=O)[C@@H]3[C@H](C2=O)[C@@H](C(=O)c2ccco2)N2c4ccccc4C=C[C@@H]32)cc1. The van der Waals surface area contributed by atoms with Crippen molar-refractivity contribution in [3.8, 4) is 0 Å². The van der Waals surface area contributed by atoms with Crippen molar-refractivity contribution in [1.29, 1.82) is 0 Å². The third kappa shape index (κ3) is 2.49. The molecule has 0 spiro atoms. The highest BCUT2D eigenvalue weighted by atomic mass is 16.3.